The Bertz CT molecular complexity index is 1500. The van der Waals surface area contributed by atoms with Crippen molar-refractivity contribution in [3.05, 3.63) is 77.0 Å². The molecule has 0 spiro atoms. The molecule has 4 rings (SSSR count). The number of halogens is 1. The Balaban J connectivity index is 1.67. The van der Waals surface area contributed by atoms with E-state index in [4.69, 9.17) is 21.8 Å². The van der Waals surface area contributed by atoms with Crippen LogP contribution >= 0.6 is 11.6 Å². The molecule has 3 N–H and O–H groups in total. The summed E-state index contributed by atoms with van der Waals surface area (Å²) >= 11 is 6.44. The summed E-state index contributed by atoms with van der Waals surface area (Å²) in [4.78, 5) is 28.5. The van der Waals surface area contributed by atoms with Crippen LogP contribution in [0.4, 0.5) is 5.69 Å². The maximum Gasteiger partial charge on any atom is 0.267 e. The van der Waals surface area contributed by atoms with Crippen LogP contribution in [0.5, 0.6) is 0 Å². The number of fused-ring (bicyclic) bond motifs is 1. The van der Waals surface area contributed by atoms with Crippen molar-refractivity contribution in [3.63, 3.8) is 0 Å². The van der Waals surface area contributed by atoms with Gasteiger partial charge in [0.25, 0.3) is 5.91 Å². The molecule has 2 amide bonds. The molecule has 0 radical (unpaired) electrons. The minimum absolute atomic E-state index is 0.0602. The summed E-state index contributed by atoms with van der Waals surface area (Å²) in [6.07, 6.45) is 4.60. The lowest BCUT2D eigenvalue weighted by Crippen LogP contribution is -2.27. The number of imidazole rings is 1. The van der Waals surface area contributed by atoms with Gasteiger partial charge < -0.3 is 5.32 Å². The summed E-state index contributed by atoms with van der Waals surface area (Å²) in [5.74, 6) is -0.691. The normalized spacial score (nSPS) is 11.7. The van der Waals surface area contributed by atoms with Crippen molar-refractivity contribution < 1.29 is 14.8 Å². The Morgan fingerprint density at radius 2 is 1.83 bits per heavy atom. The Morgan fingerprint density at radius 1 is 1.06 bits per heavy atom. The van der Waals surface area contributed by atoms with Gasteiger partial charge in [0, 0.05) is 28.3 Å². The Morgan fingerprint density at radius 3 is 2.56 bits per heavy atom. The van der Waals surface area contributed by atoms with Crippen LogP contribution < -0.4 is 10.8 Å². The average molecular weight is 504 g/mol. The number of hydrogen-bond acceptors (Lipinski definition) is 5. The quantitative estimate of drug-likeness (QED) is 0.188. The molecular weight excluding hydrogens is 478 g/mol. The number of carbonyl (C=O) groups is 2. The monoisotopic (exact) mass is 503 g/mol. The van der Waals surface area contributed by atoms with E-state index in [1.165, 1.54) is 6.08 Å². The highest BCUT2D eigenvalue weighted by Crippen LogP contribution is 2.30. The van der Waals surface area contributed by atoms with Crippen LogP contribution in [-0.4, -0.2) is 31.6 Å². The fourth-order valence-electron chi connectivity index (χ4n) is 3.44. The van der Waals surface area contributed by atoms with Crippen molar-refractivity contribution in [1.29, 1.82) is 0 Å². The highest BCUT2D eigenvalue weighted by Gasteiger charge is 2.22. The highest BCUT2D eigenvalue weighted by molar-refractivity contribution is 6.33. The molecular formula is C27H26ClN5O3. The van der Waals surface area contributed by atoms with Crippen LogP contribution in [0.2, 0.25) is 5.02 Å². The molecule has 0 aliphatic rings. The second-order valence-corrected chi connectivity index (χ2v) is 9.84. The van der Waals surface area contributed by atoms with Gasteiger partial charge in [0.1, 0.15) is 0 Å². The van der Waals surface area contributed by atoms with Crippen molar-refractivity contribution in [1.82, 2.24) is 20.1 Å². The number of aryl methyl sites for hydroxylation is 1. The third-order valence-corrected chi connectivity index (χ3v) is 5.92. The molecule has 184 valence electrons. The predicted molar refractivity (Wildman–Crippen MR) is 141 cm³/mol. The maximum atomic E-state index is 12.5. The van der Waals surface area contributed by atoms with Gasteiger partial charge in [0.2, 0.25) is 5.91 Å². The highest BCUT2D eigenvalue weighted by atomic mass is 35.5. The largest absolute Gasteiger partial charge is 0.325 e. The van der Waals surface area contributed by atoms with E-state index in [0.29, 0.717) is 27.6 Å². The standard InChI is InChI=1S/C27H26ClN5O3/c1-16-5-8-18(14-22(16)30-26(35)27(2,3)4)23-15-33-24(29-23)11-10-21(31-33)19-13-17(6-9-20(19)28)7-12-25(34)32-36/h5-15,36H,1-4H3,(H,30,35)(H,32,34)/b12-7+. The Labute approximate surface area is 213 Å². The van der Waals surface area contributed by atoms with Crippen LogP contribution in [0.1, 0.15) is 31.9 Å². The third-order valence-electron chi connectivity index (χ3n) is 5.59. The number of nitrogens with one attached hydrogen (secondary N) is 2. The molecule has 0 aliphatic heterocycles. The predicted octanol–water partition coefficient (Wildman–Crippen LogP) is 5.53. The number of amides is 2. The summed E-state index contributed by atoms with van der Waals surface area (Å²) in [5.41, 5.74) is 6.99. The molecule has 0 unspecified atom stereocenters. The number of nitrogens with zero attached hydrogens (tertiary/aromatic N) is 3. The minimum atomic E-state index is -0.630. The van der Waals surface area contributed by atoms with E-state index < -0.39 is 11.3 Å². The van der Waals surface area contributed by atoms with Gasteiger partial charge in [-0.05, 0) is 54.5 Å². The summed E-state index contributed by atoms with van der Waals surface area (Å²) in [5, 5.41) is 16.9. The van der Waals surface area contributed by atoms with E-state index in [9.17, 15) is 9.59 Å². The van der Waals surface area contributed by atoms with E-state index in [2.05, 4.69) is 10.4 Å². The maximum absolute atomic E-state index is 12.5. The molecule has 9 heteroatoms. The number of carbonyl (C=O) groups excluding carboxylic acids is 2. The summed E-state index contributed by atoms with van der Waals surface area (Å²) < 4.78 is 1.68. The molecule has 36 heavy (non-hydrogen) atoms. The molecule has 4 aromatic rings. The molecule has 0 saturated heterocycles. The molecule has 0 aliphatic carbocycles. The number of aromatic nitrogens is 3. The lowest BCUT2D eigenvalue weighted by Gasteiger charge is -2.19. The van der Waals surface area contributed by atoms with Crippen molar-refractivity contribution in [2.24, 2.45) is 5.41 Å². The van der Waals surface area contributed by atoms with Crippen LogP contribution in [0.3, 0.4) is 0 Å². The first-order valence-electron chi connectivity index (χ1n) is 11.3. The number of hydrogen-bond donors (Lipinski definition) is 3. The topological polar surface area (TPSA) is 109 Å². The van der Waals surface area contributed by atoms with Gasteiger partial charge in [0.05, 0.1) is 22.6 Å². The van der Waals surface area contributed by atoms with Crippen molar-refractivity contribution in [3.8, 4) is 22.5 Å². The fraction of sp³-hybridized carbons (Fsp3) is 0.185. The number of hydroxylamine groups is 1. The van der Waals surface area contributed by atoms with Gasteiger partial charge >= 0.3 is 0 Å². The lowest BCUT2D eigenvalue weighted by atomic mass is 9.95. The molecule has 0 atom stereocenters. The Hall–Kier alpha value is -4.01. The van der Waals surface area contributed by atoms with Crippen molar-refractivity contribution in [2.75, 3.05) is 5.32 Å². The smallest absolute Gasteiger partial charge is 0.267 e. The molecule has 0 bridgehead atoms. The van der Waals surface area contributed by atoms with Gasteiger partial charge in [-0.15, -0.1) is 0 Å². The minimum Gasteiger partial charge on any atom is -0.325 e. The lowest BCUT2D eigenvalue weighted by molar-refractivity contribution is -0.124. The molecule has 2 heterocycles. The van der Waals surface area contributed by atoms with Gasteiger partial charge in [-0.25, -0.2) is 15.0 Å². The van der Waals surface area contributed by atoms with Gasteiger partial charge in [0.15, 0.2) is 5.65 Å². The average Bonchev–Trinajstić information content (AvgIpc) is 3.27. The number of benzene rings is 2. The van der Waals surface area contributed by atoms with Crippen LogP contribution in [-0.2, 0) is 9.59 Å². The first-order chi connectivity index (χ1) is 17.0. The van der Waals surface area contributed by atoms with E-state index >= 15 is 0 Å². The SMILES string of the molecule is Cc1ccc(-c2cn3nc(-c4cc(/C=C/C(=O)NO)ccc4Cl)ccc3n2)cc1NC(=O)C(C)(C)C. The molecule has 8 nitrogen and oxygen atoms in total. The number of anilines is 1. The van der Waals surface area contributed by atoms with Gasteiger partial charge in [-0.3, -0.25) is 14.8 Å². The molecule has 2 aromatic carbocycles. The Kier molecular flexibility index (Phi) is 6.92. The van der Waals surface area contributed by atoms with E-state index in [0.717, 1.165) is 22.4 Å². The summed E-state index contributed by atoms with van der Waals surface area (Å²) in [6, 6.07) is 14.8. The van der Waals surface area contributed by atoms with E-state index in [1.54, 1.807) is 34.3 Å². The molecule has 0 saturated carbocycles. The van der Waals surface area contributed by atoms with E-state index in [1.807, 2.05) is 64.2 Å². The first-order valence-corrected chi connectivity index (χ1v) is 11.6. The molecule has 0 fully saturated rings. The van der Waals surface area contributed by atoms with Crippen molar-refractivity contribution >= 4 is 40.8 Å². The van der Waals surface area contributed by atoms with Crippen molar-refractivity contribution in [2.45, 2.75) is 27.7 Å². The zero-order valence-electron chi connectivity index (χ0n) is 20.3. The fourth-order valence-corrected chi connectivity index (χ4v) is 3.66. The second-order valence-electron chi connectivity index (χ2n) is 9.43. The van der Waals surface area contributed by atoms with Gasteiger partial charge in [-0.2, -0.15) is 5.10 Å². The van der Waals surface area contributed by atoms with Crippen LogP contribution in [0.15, 0.2) is 60.8 Å². The van der Waals surface area contributed by atoms with E-state index in [-0.39, 0.29) is 5.91 Å². The van der Waals surface area contributed by atoms with Gasteiger partial charge in [-0.1, -0.05) is 50.6 Å². The third kappa shape index (κ3) is 5.45. The summed E-state index contributed by atoms with van der Waals surface area (Å²) in [6.45, 7) is 7.56. The number of rotatable bonds is 5. The summed E-state index contributed by atoms with van der Waals surface area (Å²) in [7, 11) is 0. The zero-order valence-corrected chi connectivity index (χ0v) is 21.1. The first kappa shape index (κ1) is 25.1. The molecule has 2 aromatic heterocycles. The van der Waals surface area contributed by atoms with Crippen LogP contribution in [0, 0.1) is 12.3 Å². The van der Waals surface area contributed by atoms with Crippen LogP contribution in [0.25, 0.3) is 34.2 Å². The zero-order chi connectivity index (χ0) is 26.0. The second kappa shape index (κ2) is 9.93.